The van der Waals surface area contributed by atoms with E-state index in [0.29, 0.717) is 0 Å². The van der Waals surface area contributed by atoms with Crippen LogP contribution in [0.25, 0.3) is 6.08 Å². The predicted octanol–water partition coefficient (Wildman–Crippen LogP) is 3.80. The van der Waals surface area contributed by atoms with Crippen LogP contribution in [-0.4, -0.2) is 36.4 Å². The Balaban J connectivity index is 1.80. The molecule has 1 fully saturated rings. The number of benzene rings is 2. The fourth-order valence-electron chi connectivity index (χ4n) is 3.27. The summed E-state index contributed by atoms with van der Waals surface area (Å²) in [4.78, 5) is 38.0. The van der Waals surface area contributed by atoms with E-state index in [4.69, 9.17) is 4.74 Å². The van der Waals surface area contributed by atoms with Crippen LogP contribution in [-0.2, 0) is 9.59 Å². The molecule has 3 rings (SSSR count). The maximum absolute atomic E-state index is 13.7. The van der Waals surface area contributed by atoms with E-state index in [-0.39, 0.29) is 17.3 Å². The Kier molecular flexibility index (Phi) is 6.39. The van der Waals surface area contributed by atoms with Gasteiger partial charge < -0.3 is 15.4 Å². The average molecular weight is 425 g/mol. The van der Waals surface area contributed by atoms with E-state index < -0.39 is 30.2 Å². The van der Waals surface area contributed by atoms with Crippen LogP contribution in [0.5, 0.6) is 5.75 Å². The molecule has 162 valence electrons. The number of amides is 4. The van der Waals surface area contributed by atoms with E-state index in [0.717, 1.165) is 27.3 Å². The number of halogens is 1. The topological polar surface area (TPSA) is 87.7 Å². The van der Waals surface area contributed by atoms with Gasteiger partial charge in [0, 0.05) is 0 Å². The quantitative estimate of drug-likeness (QED) is 0.544. The average Bonchev–Trinajstić information content (AvgIpc) is 2.98. The molecule has 0 spiro atoms. The van der Waals surface area contributed by atoms with Gasteiger partial charge >= 0.3 is 6.03 Å². The Morgan fingerprint density at radius 3 is 2.61 bits per heavy atom. The van der Waals surface area contributed by atoms with Crippen LogP contribution < -0.4 is 15.4 Å². The van der Waals surface area contributed by atoms with Crippen molar-refractivity contribution in [2.24, 2.45) is 0 Å². The van der Waals surface area contributed by atoms with Crippen LogP contribution in [0.3, 0.4) is 0 Å². The Morgan fingerprint density at radius 1 is 1.26 bits per heavy atom. The number of hydrogen-bond donors (Lipinski definition) is 2. The van der Waals surface area contributed by atoms with Crippen molar-refractivity contribution in [2.45, 2.75) is 26.7 Å². The van der Waals surface area contributed by atoms with Crippen molar-refractivity contribution in [2.75, 3.05) is 19.0 Å². The van der Waals surface area contributed by atoms with Crippen LogP contribution in [0.2, 0.25) is 0 Å². The largest absolute Gasteiger partial charge is 0.496 e. The number of rotatable bonds is 6. The number of ether oxygens (including phenoxy) is 1. The number of hydrogen-bond acceptors (Lipinski definition) is 4. The SMILES string of the molecule is COc1cc(C)c(/C=C2/NC(=O)N(CC(=O)Nc3ccccc3F)C2=O)cc1C(C)C. The lowest BCUT2D eigenvalue weighted by Crippen LogP contribution is -2.38. The summed E-state index contributed by atoms with van der Waals surface area (Å²) in [5, 5.41) is 4.86. The van der Waals surface area contributed by atoms with Gasteiger partial charge in [0.05, 0.1) is 12.8 Å². The van der Waals surface area contributed by atoms with E-state index in [1.807, 2.05) is 32.9 Å². The summed E-state index contributed by atoms with van der Waals surface area (Å²) in [6.07, 6.45) is 1.58. The summed E-state index contributed by atoms with van der Waals surface area (Å²) in [6.45, 7) is 5.40. The number of nitrogens with zero attached hydrogens (tertiary/aromatic N) is 1. The summed E-state index contributed by atoms with van der Waals surface area (Å²) in [7, 11) is 1.60. The smallest absolute Gasteiger partial charge is 0.329 e. The van der Waals surface area contributed by atoms with Gasteiger partial charge in [0.1, 0.15) is 23.8 Å². The van der Waals surface area contributed by atoms with E-state index in [1.165, 1.54) is 18.2 Å². The molecule has 31 heavy (non-hydrogen) atoms. The van der Waals surface area contributed by atoms with E-state index >= 15 is 0 Å². The molecule has 0 saturated carbocycles. The molecule has 0 atom stereocenters. The van der Waals surface area contributed by atoms with Crippen molar-refractivity contribution in [1.82, 2.24) is 10.2 Å². The number of carbonyl (C=O) groups excluding carboxylic acids is 3. The zero-order valence-electron chi connectivity index (χ0n) is 17.8. The number of urea groups is 1. The molecule has 1 saturated heterocycles. The standard InChI is InChI=1S/C23H24FN3O4/c1-13(2)16-10-15(14(3)9-20(16)31-4)11-19-22(29)27(23(30)26-19)12-21(28)25-18-8-6-5-7-17(18)24/h5-11,13H,12H2,1-4H3,(H,25,28)(H,26,30)/b19-11+. The van der Waals surface area contributed by atoms with Crippen LogP contribution in [0, 0.1) is 12.7 Å². The maximum atomic E-state index is 13.7. The first-order valence-corrected chi connectivity index (χ1v) is 9.78. The Morgan fingerprint density at radius 2 is 1.97 bits per heavy atom. The van der Waals surface area contributed by atoms with Gasteiger partial charge in [0.2, 0.25) is 5.91 Å². The molecule has 0 aromatic heterocycles. The molecule has 2 N–H and O–H groups in total. The Hall–Kier alpha value is -3.68. The highest BCUT2D eigenvalue weighted by Crippen LogP contribution is 2.31. The van der Waals surface area contributed by atoms with Crippen molar-refractivity contribution in [1.29, 1.82) is 0 Å². The third-order valence-corrected chi connectivity index (χ3v) is 4.95. The molecule has 2 aromatic rings. The molecule has 0 unspecified atom stereocenters. The fraction of sp³-hybridized carbons (Fsp3) is 0.261. The minimum absolute atomic E-state index is 0.0228. The molecule has 0 aliphatic carbocycles. The normalized spacial score (nSPS) is 14.9. The number of nitrogens with one attached hydrogen (secondary N) is 2. The van der Waals surface area contributed by atoms with Gasteiger partial charge in [-0.1, -0.05) is 26.0 Å². The summed E-state index contributed by atoms with van der Waals surface area (Å²) in [6, 6.07) is 8.73. The minimum Gasteiger partial charge on any atom is -0.496 e. The highest BCUT2D eigenvalue weighted by Gasteiger charge is 2.35. The van der Waals surface area contributed by atoms with Crippen molar-refractivity contribution < 1.29 is 23.5 Å². The second kappa shape index (κ2) is 8.99. The molecule has 2 aromatic carbocycles. The number of carbonyl (C=O) groups is 3. The van der Waals surface area contributed by atoms with Crippen LogP contribution >= 0.6 is 0 Å². The molecule has 0 radical (unpaired) electrons. The molecular weight excluding hydrogens is 401 g/mol. The van der Waals surface area contributed by atoms with E-state index in [1.54, 1.807) is 19.3 Å². The number of imide groups is 1. The lowest BCUT2D eigenvalue weighted by Gasteiger charge is -2.15. The predicted molar refractivity (Wildman–Crippen MR) is 115 cm³/mol. The first-order chi connectivity index (χ1) is 14.7. The van der Waals surface area contributed by atoms with Crippen molar-refractivity contribution in [3.63, 3.8) is 0 Å². The van der Waals surface area contributed by atoms with Crippen LogP contribution in [0.4, 0.5) is 14.9 Å². The number of aryl methyl sites for hydroxylation is 1. The highest BCUT2D eigenvalue weighted by atomic mass is 19.1. The summed E-state index contributed by atoms with van der Waals surface area (Å²) < 4.78 is 19.1. The van der Waals surface area contributed by atoms with Crippen LogP contribution in [0.15, 0.2) is 42.1 Å². The third-order valence-electron chi connectivity index (χ3n) is 4.95. The highest BCUT2D eigenvalue weighted by molar-refractivity contribution is 6.16. The van der Waals surface area contributed by atoms with Gasteiger partial charge in [-0.2, -0.15) is 0 Å². The molecule has 7 nitrogen and oxygen atoms in total. The number of anilines is 1. The number of methoxy groups -OCH3 is 1. The molecule has 1 aliphatic rings. The number of para-hydroxylation sites is 1. The molecule has 0 bridgehead atoms. The minimum atomic E-state index is -0.713. The second-order valence-corrected chi connectivity index (χ2v) is 7.51. The lowest BCUT2D eigenvalue weighted by molar-refractivity contribution is -0.127. The third kappa shape index (κ3) is 4.74. The van der Waals surface area contributed by atoms with Crippen molar-refractivity contribution in [3.8, 4) is 5.75 Å². The monoisotopic (exact) mass is 425 g/mol. The molecule has 4 amide bonds. The fourth-order valence-corrected chi connectivity index (χ4v) is 3.27. The first-order valence-electron chi connectivity index (χ1n) is 9.78. The molecule has 8 heteroatoms. The summed E-state index contributed by atoms with van der Waals surface area (Å²) in [5.74, 6) is -0.972. The second-order valence-electron chi connectivity index (χ2n) is 7.51. The zero-order valence-corrected chi connectivity index (χ0v) is 17.8. The van der Waals surface area contributed by atoms with Gasteiger partial charge in [-0.05, 0) is 59.9 Å². The van der Waals surface area contributed by atoms with Crippen molar-refractivity contribution >= 4 is 29.6 Å². The summed E-state index contributed by atoms with van der Waals surface area (Å²) in [5.41, 5.74) is 2.63. The summed E-state index contributed by atoms with van der Waals surface area (Å²) >= 11 is 0. The maximum Gasteiger partial charge on any atom is 0.329 e. The van der Waals surface area contributed by atoms with Gasteiger partial charge in [-0.25, -0.2) is 14.1 Å². The molecule has 1 heterocycles. The van der Waals surface area contributed by atoms with Gasteiger partial charge in [0.25, 0.3) is 5.91 Å². The van der Waals surface area contributed by atoms with Gasteiger partial charge in [-0.3, -0.25) is 9.59 Å². The molecular formula is C23H24FN3O4. The van der Waals surface area contributed by atoms with E-state index in [9.17, 15) is 18.8 Å². The zero-order chi connectivity index (χ0) is 22.7. The van der Waals surface area contributed by atoms with E-state index in [2.05, 4.69) is 10.6 Å². The Bertz CT molecular complexity index is 1080. The lowest BCUT2D eigenvalue weighted by atomic mass is 9.96. The van der Waals surface area contributed by atoms with Crippen LogP contribution in [0.1, 0.15) is 36.5 Å². The first kappa shape index (κ1) is 22.0. The Labute approximate surface area is 179 Å². The van der Waals surface area contributed by atoms with Crippen molar-refractivity contribution in [3.05, 3.63) is 64.6 Å². The van der Waals surface area contributed by atoms with Gasteiger partial charge in [0.15, 0.2) is 0 Å². The van der Waals surface area contributed by atoms with Gasteiger partial charge in [-0.15, -0.1) is 0 Å². The molecule has 1 aliphatic heterocycles.